The summed E-state index contributed by atoms with van der Waals surface area (Å²) in [5.41, 5.74) is 0.511. The maximum atomic E-state index is 14.4. The summed E-state index contributed by atoms with van der Waals surface area (Å²) in [4.78, 5) is 74.8. The van der Waals surface area contributed by atoms with Crippen LogP contribution in [0.5, 0.6) is 5.75 Å². The predicted molar refractivity (Wildman–Crippen MR) is 189 cm³/mol. The first-order valence-corrected chi connectivity index (χ1v) is 18.2. The molecular formula is C40H44N4O7. The molecule has 0 spiro atoms. The van der Waals surface area contributed by atoms with Crippen LogP contribution < -0.4 is 15.0 Å². The van der Waals surface area contributed by atoms with Crippen molar-refractivity contribution < 1.29 is 33.8 Å². The van der Waals surface area contributed by atoms with Gasteiger partial charge in [0.1, 0.15) is 29.0 Å². The van der Waals surface area contributed by atoms with Crippen LogP contribution in [-0.2, 0) is 30.4 Å². The first-order valence-electron chi connectivity index (χ1n) is 18.2. The van der Waals surface area contributed by atoms with Crippen LogP contribution in [0.2, 0.25) is 0 Å². The van der Waals surface area contributed by atoms with Gasteiger partial charge >= 0.3 is 0 Å². The van der Waals surface area contributed by atoms with Crippen LogP contribution in [0.4, 0.5) is 5.69 Å². The largest absolute Gasteiger partial charge is 0.495 e. The topological polar surface area (TPSA) is 137 Å². The number of benzene rings is 3. The van der Waals surface area contributed by atoms with Crippen molar-refractivity contribution in [2.45, 2.75) is 56.7 Å². The second-order valence-corrected chi connectivity index (χ2v) is 15.1. The molecule has 2 N–H and O–H groups in total. The number of aliphatic hydroxyl groups excluding tert-OH is 1. The van der Waals surface area contributed by atoms with Gasteiger partial charge in [0, 0.05) is 63.3 Å². The Morgan fingerprint density at radius 1 is 0.882 bits per heavy atom. The molecule has 4 aliphatic carbocycles. The summed E-state index contributed by atoms with van der Waals surface area (Å²) in [6, 6.07) is 19.8. The molecule has 11 nitrogen and oxygen atoms in total. The molecule has 4 saturated carbocycles. The third kappa shape index (κ3) is 5.85. The van der Waals surface area contributed by atoms with Gasteiger partial charge in [0.2, 0.25) is 17.7 Å². The Balaban J connectivity index is 1.03. The first-order chi connectivity index (χ1) is 24.6. The molecule has 3 aromatic rings. The number of ether oxygens (including phenoxy) is 1. The van der Waals surface area contributed by atoms with Crippen molar-refractivity contribution >= 4 is 45.7 Å². The molecule has 266 valence electrons. The molecule has 3 aromatic carbocycles. The number of ketones is 2. The summed E-state index contributed by atoms with van der Waals surface area (Å²) in [5.74, 6) is -1.34. The van der Waals surface area contributed by atoms with Crippen molar-refractivity contribution in [3.05, 3.63) is 72.3 Å². The lowest BCUT2D eigenvalue weighted by Crippen LogP contribution is -2.64. The fourth-order valence-electron chi connectivity index (χ4n) is 9.64. The van der Waals surface area contributed by atoms with E-state index in [-0.39, 0.29) is 67.5 Å². The fourth-order valence-corrected chi connectivity index (χ4v) is 9.64. The zero-order valence-electron chi connectivity index (χ0n) is 28.8. The SMILES string of the molecule is COc1ccccc1N1CCN(C(=O)C(Cc2ccc3ccccc3c2)NC(=O)C2CC(O)CN2C(=O)C23CC4CC(CC(C2)C4=O)C3=O)CC1. The highest BCUT2D eigenvalue weighted by Crippen LogP contribution is 2.57. The number of hydrogen-bond acceptors (Lipinski definition) is 8. The number of piperazine rings is 1. The molecular weight excluding hydrogens is 648 g/mol. The minimum atomic E-state index is -1.32. The third-order valence-corrected chi connectivity index (χ3v) is 12.1. The highest BCUT2D eigenvalue weighted by atomic mass is 16.5. The normalized spacial score (nSPS) is 29.1. The monoisotopic (exact) mass is 692 g/mol. The van der Waals surface area contributed by atoms with Gasteiger partial charge in [-0.3, -0.25) is 24.0 Å². The molecule has 5 unspecified atom stereocenters. The van der Waals surface area contributed by atoms with Crippen molar-refractivity contribution in [2.75, 3.05) is 44.7 Å². The van der Waals surface area contributed by atoms with Crippen molar-refractivity contribution in [1.29, 1.82) is 0 Å². The Labute approximate surface area is 296 Å². The smallest absolute Gasteiger partial charge is 0.245 e. The number of nitrogens with zero attached hydrogens (tertiary/aromatic N) is 3. The average Bonchev–Trinajstić information content (AvgIpc) is 3.55. The van der Waals surface area contributed by atoms with E-state index in [9.17, 15) is 29.1 Å². The van der Waals surface area contributed by atoms with Gasteiger partial charge in [-0.1, -0.05) is 54.6 Å². The average molecular weight is 693 g/mol. The molecule has 51 heavy (non-hydrogen) atoms. The number of likely N-dealkylation sites (tertiary alicyclic amines) is 1. The molecule has 2 aliphatic heterocycles. The number of carbonyl (C=O) groups is 5. The Hall–Kier alpha value is -4.77. The number of rotatable bonds is 8. The van der Waals surface area contributed by atoms with Crippen LogP contribution in [0, 0.1) is 23.2 Å². The highest BCUT2D eigenvalue weighted by molar-refractivity contribution is 6.12. The molecule has 6 fully saturated rings. The quantitative estimate of drug-likeness (QED) is 0.344. The van der Waals surface area contributed by atoms with Crippen molar-refractivity contribution in [3.63, 3.8) is 0 Å². The van der Waals surface area contributed by atoms with Gasteiger partial charge in [-0.05, 0) is 54.2 Å². The van der Waals surface area contributed by atoms with Gasteiger partial charge < -0.3 is 29.9 Å². The zero-order valence-corrected chi connectivity index (χ0v) is 28.8. The lowest BCUT2D eigenvalue weighted by atomic mass is 9.48. The Kier molecular flexibility index (Phi) is 8.56. The second kappa shape index (κ2) is 13.1. The van der Waals surface area contributed by atoms with E-state index in [4.69, 9.17) is 4.74 Å². The molecule has 3 amide bonds. The van der Waals surface area contributed by atoms with Crippen LogP contribution in [0.3, 0.4) is 0 Å². The van der Waals surface area contributed by atoms with Crippen LogP contribution in [-0.4, -0.2) is 102 Å². The summed E-state index contributed by atoms with van der Waals surface area (Å²) < 4.78 is 5.56. The molecule has 2 saturated heterocycles. The molecule has 11 heteroatoms. The third-order valence-electron chi connectivity index (χ3n) is 12.1. The van der Waals surface area contributed by atoms with Crippen LogP contribution >= 0.6 is 0 Å². The number of β-amino-alcohol motifs (C(OH)–C–C–N with tert-alkyl or cyclic N) is 1. The minimum absolute atomic E-state index is 0.00548. The fraction of sp³-hybridized carbons (Fsp3) is 0.475. The Morgan fingerprint density at radius 2 is 1.57 bits per heavy atom. The van der Waals surface area contributed by atoms with E-state index in [0.717, 1.165) is 27.8 Å². The lowest BCUT2D eigenvalue weighted by Gasteiger charge is -2.54. The second-order valence-electron chi connectivity index (χ2n) is 15.1. The lowest BCUT2D eigenvalue weighted by molar-refractivity contribution is -0.173. The molecule has 6 aliphatic rings. The molecule has 0 aromatic heterocycles. The van der Waals surface area contributed by atoms with E-state index >= 15 is 0 Å². The molecule has 5 atom stereocenters. The van der Waals surface area contributed by atoms with Gasteiger partial charge in [0.15, 0.2) is 5.78 Å². The van der Waals surface area contributed by atoms with E-state index in [2.05, 4.69) is 10.2 Å². The van der Waals surface area contributed by atoms with Gasteiger partial charge in [-0.2, -0.15) is 0 Å². The van der Waals surface area contributed by atoms with Crippen LogP contribution in [0.15, 0.2) is 66.7 Å². The van der Waals surface area contributed by atoms with Gasteiger partial charge in [0.05, 0.1) is 18.9 Å². The van der Waals surface area contributed by atoms with Gasteiger partial charge in [-0.15, -0.1) is 0 Å². The number of aliphatic hydroxyl groups is 1. The van der Waals surface area contributed by atoms with Gasteiger partial charge in [-0.25, -0.2) is 0 Å². The van der Waals surface area contributed by atoms with Gasteiger partial charge in [0.25, 0.3) is 0 Å². The van der Waals surface area contributed by atoms with E-state index in [0.29, 0.717) is 39.0 Å². The molecule has 0 radical (unpaired) electrons. The van der Waals surface area contributed by atoms with E-state index in [1.807, 2.05) is 66.7 Å². The van der Waals surface area contributed by atoms with Crippen molar-refractivity contribution in [2.24, 2.45) is 23.2 Å². The van der Waals surface area contributed by atoms with E-state index < -0.39 is 35.4 Å². The molecule has 4 bridgehead atoms. The summed E-state index contributed by atoms with van der Waals surface area (Å²) >= 11 is 0. The summed E-state index contributed by atoms with van der Waals surface area (Å²) in [6.07, 6.45) is 0.658. The number of fused-ring (bicyclic) bond motifs is 1. The number of amides is 3. The predicted octanol–water partition coefficient (Wildman–Crippen LogP) is 2.76. The Bertz CT molecular complexity index is 1890. The number of Topliss-reactive ketones (excluding diaryl/α,β-unsaturated/α-hetero) is 2. The first kappa shape index (κ1) is 33.4. The number of methoxy groups -OCH3 is 1. The van der Waals surface area contributed by atoms with Crippen LogP contribution in [0.25, 0.3) is 10.8 Å². The maximum Gasteiger partial charge on any atom is 0.245 e. The standard InChI is InChI=1S/C40H44N4O7/c1-51-34-9-5-4-8-32(34)42-12-14-43(15-13-42)38(49)31(17-24-10-11-25-6-2-3-7-26(25)16-24)41-37(48)33-20-30(45)23-44(33)39(50)40-21-28-18-27(36(40)47)19-29(22-40)35(28)46/h2-11,16,27-31,33,45H,12-15,17-23H2,1H3,(H,41,48). The summed E-state index contributed by atoms with van der Waals surface area (Å²) in [5, 5.41) is 15.9. The summed E-state index contributed by atoms with van der Waals surface area (Å²) in [7, 11) is 1.64. The molecule has 2 heterocycles. The number of carbonyl (C=O) groups excluding carboxylic acids is 5. The number of hydrogen-bond donors (Lipinski definition) is 2. The summed E-state index contributed by atoms with van der Waals surface area (Å²) in [6.45, 7) is 1.98. The number of nitrogens with one attached hydrogen (secondary N) is 1. The van der Waals surface area contributed by atoms with E-state index in [1.165, 1.54) is 4.90 Å². The van der Waals surface area contributed by atoms with Crippen molar-refractivity contribution in [1.82, 2.24) is 15.1 Å². The zero-order chi connectivity index (χ0) is 35.4. The highest BCUT2D eigenvalue weighted by Gasteiger charge is 2.65. The van der Waals surface area contributed by atoms with Crippen LogP contribution in [0.1, 0.15) is 37.7 Å². The molecule has 9 rings (SSSR count). The number of para-hydroxylation sites is 2. The van der Waals surface area contributed by atoms with Crippen molar-refractivity contribution in [3.8, 4) is 5.75 Å². The minimum Gasteiger partial charge on any atom is -0.495 e. The Morgan fingerprint density at radius 3 is 2.29 bits per heavy atom. The van der Waals surface area contributed by atoms with E-state index in [1.54, 1.807) is 12.0 Å². The maximum absolute atomic E-state index is 14.4. The number of anilines is 1.